The molecule has 3 rings (SSSR count). The van der Waals surface area contributed by atoms with Gasteiger partial charge in [-0.1, -0.05) is 6.07 Å². The van der Waals surface area contributed by atoms with E-state index >= 15 is 0 Å². The van der Waals surface area contributed by atoms with Crippen molar-refractivity contribution in [3.63, 3.8) is 0 Å². The van der Waals surface area contributed by atoms with Gasteiger partial charge in [0.05, 0.1) is 11.6 Å². The highest BCUT2D eigenvalue weighted by atomic mass is 16.4. The zero-order chi connectivity index (χ0) is 14.1. The third kappa shape index (κ3) is 2.21. The molecule has 1 aromatic carbocycles. The van der Waals surface area contributed by atoms with Crippen LogP contribution in [0.5, 0.6) is 0 Å². The first-order valence-corrected chi connectivity index (χ1v) is 6.64. The van der Waals surface area contributed by atoms with Crippen molar-refractivity contribution >= 4 is 17.0 Å². The lowest BCUT2D eigenvalue weighted by atomic mass is 10.1. The van der Waals surface area contributed by atoms with Crippen molar-refractivity contribution in [3.8, 4) is 6.07 Å². The summed E-state index contributed by atoms with van der Waals surface area (Å²) < 4.78 is 2.12. The summed E-state index contributed by atoms with van der Waals surface area (Å²) in [5.74, 6) is 0.340. The van der Waals surface area contributed by atoms with E-state index in [1.807, 2.05) is 30.5 Å². The molecule has 1 saturated heterocycles. The maximum atomic E-state index is 10.9. The molecule has 1 atom stereocenters. The fraction of sp³-hybridized carbons (Fsp3) is 0.333. The highest BCUT2D eigenvalue weighted by Gasteiger charge is 2.26. The summed E-state index contributed by atoms with van der Waals surface area (Å²) in [6.45, 7) is 2.00. The Bertz CT molecular complexity index is 699. The lowest BCUT2D eigenvalue weighted by molar-refractivity contribution is 0.153. The first kappa shape index (κ1) is 12.5. The van der Waals surface area contributed by atoms with Gasteiger partial charge < -0.3 is 14.6 Å². The number of benzene rings is 1. The van der Waals surface area contributed by atoms with Gasteiger partial charge in [0.15, 0.2) is 0 Å². The fourth-order valence-electron chi connectivity index (χ4n) is 2.85. The zero-order valence-electron chi connectivity index (χ0n) is 11.0. The Morgan fingerprint density at radius 2 is 2.30 bits per heavy atom. The highest BCUT2D eigenvalue weighted by molar-refractivity contribution is 5.81. The highest BCUT2D eigenvalue weighted by Crippen LogP contribution is 2.23. The molecular weight excluding hydrogens is 254 g/mol. The molecule has 20 heavy (non-hydrogen) atoms. The van der Waals surface area contributed by atoms with E-state index in [9.17, 15) is 4.79 Å². The Labute approximate surface area is 116 Å². The number of aromatic nitrogens is 1. The molecule has 2 heterocycles. The normalized spacial score (nSPS) is 18.4. The van der Waals surface area contributed by atoms with Gasteiger partial charge in [-0.15, -0.1) is 0 Å². The average molecular weight is 269 g/mol. The molecule has 0 radical (unpaired) electrons. The minimum atomic E-state index is -0.836. The van der Waals surface area contributed by atoms with Crippen molar-refractivity contribution in [1.29, 1.82) is 5.26 Å². The van der Waals surface area contributed by atoms with E-state index in [0.717, 1.165) is 23.9 Å². The van der Waals surface area contributed by atoms with Crippen molar-refractivity contribution in [2.75, 3.05) is 13.1 Å². The first-order valence-electron chi connectivity index (χ1n) is 6.64. The van der Waals surface area contributed by atoms with E-state index in [-0.39, 0.29) is 0 Å². The molecule has 1 aromatic heterocycles. The molecule has 5 heteroatoms. The zero-order valence-corrected chi connectivity index (χ0v) is 11.0. The lowest BCUT2D eigenvalue weighted by Gasteiger charge is -2.13. The number of fused-ring (bicyclic) bond motifs is 1. The molecular formula is C15H15N3O2. The number of carboxylic acid groups (broad SMARTS) is 1. The number of carbonyl (C=O) groups is 1. The van der Waals surface area contributed by atoms with Gasteiger partial charge in [0.25, 0.3) is 0 Å². The van der Waals surface area contributed by atoms with Crippen molar-refractivity contribution < 1.29 is 9.90 Å². The van der Waals surface area contributed by atoms with Crippen LogP contribution in [-0.4, -0.2) is 33.8 Å². The van der Waals surface area contributed by atoms with Crippen LogP contribution in [0.2, 0.25) is 0 Å². The van der Waals surface area contributed by atoms with Crippen LogP contribution in [-0.2, 0) is 6.54 Å². The molecule has 1 aliphatic rings. The molecule has 1 aliphatic heterocycles. The van der Waals surface area contributed by atoms with Crippen LogP contribution in [0.25, 0.3) is 10.9 Å². The van der Waals surface area contributed by atoms with Crippen LogP contribution >= 0.6 is 0 Å². The van der Waals surface area contributed by atoms with Gasteiger partial charge in [-0.3, -0.25) is 0 Å². The topological polar surface area (TPSA) is 69.3 Å². The van der Waals surface area contributed by atoms with Gasteiger partial charge in [0, 0.05) is 31.3 Å². The molecule has 1 fully saturated rings. The second-order valence-electron chi connectivity index (χ2n) is 5.24. The molecule has 5 nitrogen and oxygen atoms in total. The predicted molar refractivity (Wildman–Crippen MR) is 74.4 cm³/mol. The van der Waals surface area contributed by atoms with E-state index in [4.69, 9.17) is 10.4 Å². The number of amides is 1. The van der Waals surface area contributed by atoms with E-state index in [0.29, 0.717) is 24.6 Å². The first-order chi connectivity index (χ1) is 9.67. The van der Waals surface area contributed by atoms with Crippen LogP contribution in [0.4, 0.5) is 4.79 Å². The predicted octanol–water partition coefficient (Wildman–Crippen LogP) is 2.51. The van der Waals surface area contributed by atoms with Gasteiger partial charge in [-0.05, 0) is 35.9 Å². The van der Waals surface area contributed by atoms with Crippen LogP contribution in [0.1, 0.15) is 12.0 Å². The monoisotopic (exact) mass is 269 g/mol. The Morgan fingerprint density at radius 1 is 1.45 bits per heavy atom. The Hall–Kier alpha value is -2.48. The molecule has 102 valence electrons. The van der Waals surface area contributed by atoms with Crippen LogP contribution in [0.3, 0.4) is 0 Å². The summed E-state index contributed by atoms with van der Waals surface area (Å²) in [6.07, 6.45) is 2.07. The Kier molecular flexibility index (Phi) is 3.07. The van der Waals surface area contributed by atoms with E-state index in [2.05, 4.69) is 10.6 Å². The van der Waals surface area contributed by atoms with E-state index < -0.39 is 6.09 Å². The third-order valence-corrected chi connectivity index (χ3v) is 3.91. The molecule has 0 aliphatic carbocycles. The number of likely N-dealkylation sites (tertiary alicyclic amines) is 1. The largest absolute Gasteiger partial charge is 0.465 e. The number of nitrogens with zero attached hydrogens (tertiary/aromatic N) is 3. The maximum absolute atomic E-state index is 10.9. The number of hydrogen-bond acceptors (Lipinski definition) is 2. The summed E-state index contributed by atoms with van der Waals surface area (Å²) >= 11 is 0. The van der Waals surface area contributed by atoms with Crippen LogP contribution in [0, 0.1) is 17.2 Å². The van der Waals surface area contributed by atoms with Gasteiger partial charge in [-0.25, -0.2) is 4.79 Å². The Balaban J connectivity index is 1.81. The standard InChI is InChI=1S/C15H15N3O2/c16-8-11-1-2-13-4-6-17(14(13)7-11)9-12-3-5-18(10-12)15(19)20/h1-2,4,6-7,12H,3,5,9-10H2,(H,19,20). The maximum Gasteiger partial charge on any atom is 0.407 e. The molecule has 0 bridgehead atoms. The van der Waals surface area contributed by atoms with Crippen LogP contribution < -0.4 is 0 Å². The van der Waals surface area contributed by atoms with Gasteiger partial charge in [0.2, 0.25) is 0 Å². The fourth-order valence-corrected chi connectivity index (χ4v) is 2.85. The number of rotatable bonds is 2. The summed E-state index contributed by atoms with van der Waals surface area (Å²) in [5, 5.41) is 19.1. The second kappa shape index (κ2) is 4.89. The summed E-state index contributed by atoms with van der Waals surface area (Å²) in [5.41, 5.74) is 1.69. The number of hydrogen-bond donors (Lipinski definition) is 1. The molecule has 1 N–H and O–H groups in total. The molecule has 1 amide bonds. The molecule has 1 unspecified atom stereocenters. The van der Waals surface area contributed by atoms with Gasteiger partial charge in [0.1, 0.15) is 0 Å². The van der Waals surface area contributed by atoms with Gasteiger partial charge >= 0.3 is 6.09 Å². The summed E-state index contributed by atoms with van der Waals surface area (Å²) in [6, 6.07) is 9.83. The molecule has 0 spiro atoms. The average Bonchev–Trinajstić information content (AvgIpc) is 3.06. The summed E-state index contributed by atoms with van der Waals surface area (Å²) in [4.78, 5) is 12.4. The third-order valence-electron chi connectivity index (χ3n) is 3.91. The quantitative estimate of drug-likeness (QED) is 0.910. The second-order valence-corrected chi connectivity index (χ2v) is 5.24. The van der Waals surface area contributed by atoms with Crippen molar-refractivity contribution in [3.05, 3.63) is 36.0 Å². The van der Waals surface area contributed by atoms with E-state index in [1.165, 1.54) is 4.90 Å². The molecule has 2 aromatic rings. The molecule has 0 saturated carbocycles. The van der Waals surface area contributed by atoms with Gasteiger partial charge in [-0.2, -0.15) is 5.26 Å². The van der Waals surface area contributed by atoms with Crippen molar-refractivity contribution in [1.82, 2.24) is 9.47 Å². The summed E-state index contributed by atoms with van der Waals surface area (Å²) in [7, 11) is 0. The Morgan fingerprint density at radius 3 is 3.00 bits per heavy atom. The minimum Gasteiger partial charge on any atom is -0.465 e. The SMILES string of the molecule is N#Cc1ccc2ccn(CC3CCN(C(=O)O)C3)c2c1. The van der Waals surface area contributed by atoms with Crippen molar-refractivity contribution in [2.45, 2.75) is 13.0 Å². The smallest absolute Gasteiger partial charge is 0.407 e. The van der Waals surface area contributed by atoms with E-state index in [1.54, 1.807) is 0 Å². The van der Waals surface area contributed by atoms with Crippen LogP contribution in [0.15, 0.2) is 30.5 Å². The lowest BCUT2D eigenvalue weighted by Crippen LogP contribution is -2.27. The minimum absolute atomic E-state index is 0.340. The van der Waals surface area contributed by atoms with Crippen molar-refractivity contribution in [2.24, 2.45) is 5.92 Å². The number of nitriles is 1.